The Bertz CT molecular complexity index is 1230. The first-order valence-corrected chi connectivity index (χ1v) is 14.9. The van der Waals surface area contributed by atoms with E-state index in [9.17, 15) is 0 Å². The molecule has 0 bridgehead atoms. The predicted octanol–water partition coefficient (Wildman–Crippen LogP) is 11.1. The molecule has 0 aliphatic heterocycles. The molecule has 0 saturated heterocycles. The number of fused-ring (bicyclic) bond motifs is 1. The zero-order chi connectivity index (χ0) is 31.6. The number of nitrogens with zero attached hydrogens (tertiary/aromatic N) is 1. The largest absolute Gasteiger partial charge is 0.388 e. The fraction of sp³-hybridized carbons (Fsp3) is 0.513. The van der Waals surface area contributed by atoms with Crippen LogP contribution in [0.25, 0.3) is 5.57 Å². The average Bonchev–Trinajstić information content (AvgIpc) is 3.48. The minimum Gasteiger partial charge on any atom is -0.388 e. The van der Waals surface area contributed by atoms with Crippen molar-refractivity contribution in [3.8, 4) is 0 Å². The van der Waals surface area contributed by atoms with Crippen LogP contribution in [-0.2, 0) is 17.3 Å². The Morgan fingerprint density at radius 2 is 1.26 bits per heavy atom. The van der Waals surface area contributed by atoms with Crippen LogP contribution in [0.5, 0.6) is 0 Å². The lowest BCUT2D eigenvalue weighted by atomic mass is 9.83. The summed E-state index contributed by atoms with van der Waals surface area (Å²) in [5, 5.41) is 0. The van der Waals surface area contributed by atoms with E-state index in [4.69, 9.17) is 5.73 Å². The van der Waals surface area contributed by atoms with Crippen molar-refractivity contribution >= 4 is 11.4 Å². The Morgan fingerprint density at radius 1 is 0.714 bits per heavy atom. The van der Waals surface area contributed by atoms with Gasteiger partial charge >= 0.3 is 0 Å². The monoisotopic (exact) mass is 574 g/mol. The lowest BCUT2D eigenvalue weighted by Crippen LogP contribution is -2.17. The molecule has 3 aromatic rings. The summed E-state index contributed by atoms with van der Waals surface area (Å²) >= 11 is 0. The molecule has 0 unspecified atom stereocenters. The summed E-state index contributed by atoms with van der Waals surface area (Å²) in [5.74, 6) is 0.650. The van der Waals surface area contributed by atoms with Crippen LogP contribution in [0.1, 0.15) is 125 Å². The van der Waals surface area contributed by atoms with Gasteiger partial charge in [0.2, 0.25) is 0 Å². The third-order valence-electron chi connectivity index (χ3n) is 6.48. The van der Waals surface area contributed by atoms with E-state index in [-0.39, 0.29) is 29.2 Å². The topological polar surface area (TPSA) is 54.2 Å². The first kappa shape index (κ1) is 38.9. The van der Waals surface area contributed by atoms with Crippen LogP contribution >= 0.6 is 0 Å². The van der Waals surface area contributed by atoms with Crippen molar-refractivity contribution < 1.29 is 0 Å². The quantitative estimate of drug-likeness (QED) is 0.204. The van der Waals surface area contributed by atoms with E-state index in [0.29, 0.717) is 5.84 Å². The first-order chi connectivity index (χ1) is 18.6. The summed E-state index contributed by atoms with van der Waals surface area (Å²) in [6.07, 6.45) is 5.44. The maximum absolute atomic E-state index is 5.33. The van der Waals surface area contributed by atoms with E-state index in [1.165, 1.54) is 33.5 Å². The molecule has 0 amide bonds. The molecule has 4 rings (SSSR count). The Morgan fingerprint density at radius 3 is 1.62 bits per heavy atom. The molecular weight excluding hydrogens is 510 g/mol. The van der Waals surface area contributed by atoms with E-state index < -0.39 is 0 Å². The molecule has 0 radical (unpaired) electrons. The second-order valence-corrected chi connectivity index (χ2v) is 15.1. The fourth-order valence-corrected chi connectivity index (χ4v) is 4.37. The lowest BCUT2D eigenvalue weighted by molar-refractivity contribution is 0.567. The maximum Gasteiger partial charge on any atom is 0.0912 e. The van der Waals surface area contributed by atoms with Crippen LogP contribution in [-0.4, -0.2) is 16.4 Å². The predicted molar refractivity (Wildman–Crippen MR) is 191 cm³/mol. The molecule has 1 heterocycles. The van der Waals surface area contributed by atoms with Gasteiger partial charge in [-0.25, -0.2) is 0 Å². The average molecular weight is 574 g/mol. The Labute approximate surface area is 260 Å². The summed E-state index contributed by atoms with van der Waals surface area (Å²) in [6, 6.07) is 21.6. The van der Waals surface area contributed by atoms with Crippen molar-refractivity contribution in [2.24, 2.45) is 16.1 Å². The van der Waals surface area contributed by atoms with E-state index in [1.54, 1.807) is 6.92 Å². The molecule has 3 N–H and O–H groups in total. The molecule has 1 aromatic heterocycles. The van der Waals surface area contributed by atoms with E-state index in [1.807, 2.05) is 33.0 Å². The standard InChI is InChI=1S/C13H16.C11H16.C8H13N.C6H14N2.CH4/c1-13(2,3)12-9-8-10-6-4-5-7-11(10)12;1-9-5-7-10(8-6-9)11(2,3)4;1-8(2,3)7-5-4-6-9-7;1-5(7)8-6(2,3)4;/h4-7,9H,8H2,1-3H3;5-8H,1-4H3;4-6,9H,1-3H3;1-4H3,(H2,7,8);1H4. The molecule has 1 aliphatic rings. The first-order valence-electron chi connectivity index (χ1n) is 14.9. The van der Waals surface area contributed by atoms with E-state index in [0.717, 1.165) is 6.42 Å². The molecule has 0 spiro atoms. The summed E-state index contributed by atoms with van der Waals surface area (Å²) in [6.45, 7) is 30.1. The second kappa shape index (κ2) is 16.0. The van der Waals surface area contributed by atoms with Crippen LogP contribution in [0.3, 0.4) is 0 Å². The highest BCUT2D eigenvalue weighted by Gasteiger charge is 2.23. The molecule has 0 saturated carbocycles. The number of hydrogen-bond acceptors (Lipinski definition) is 1. The highest BCUT2D eigenvalue weighted by Crippen LogP contribution is 2.39. The van der Waals surface area contributed by atoms with Crippen molar-refractivity contribution in [3.63, 3.8) is 0 Å². The summed E-state index contributed by atoms with van der Waals surface area (Å²) in [4.78, 5) is 7.28. The number of nitrogens with one attached hydrogen (secondary N) is 1. The number of H-pyrrole nitrogens is 1. The lowest BCUT2D eigenvalue weighted by Gasteiger charge is -2.21. The molecule has 0 fully saturated rings. The van der Waals surface area contributed by atoms with Gasteiger partial charge in [0.25, 0.3) is 0 Å². The molecule has 3 nitrogen and oxygen atoms in total. The van der Waals surface area contributed by atoms with Gasteiger partial charge in [-0.2, -0.15) is 0 Å². The smallest absolute Gasteiger partial charge is 0.0912 e. The van der Waals surface area contributed by atoms with Gasteiger partial charge in [-0.15, -0.1) is 0 Å². The molecule has 2 aromatic carbocycles. The fourth-order valence-electron chi connectivity index (χ4n) is 4.37. The van der Waals surface area contributed by atoms with Crippen molar-refractivity contribution in [2.45, 2.75) is 127 Å². The Balaban J connectivity index is 0.000000540. The van der Waals surface area contributed by atoms with Crippen LogP contribution in [0, 0.1) is 12.3 Å². The summed E-state index contributed by atoms with van der Waals surface area (Å²) < 4.78 is 0. The third-order valence-corrected chi connectivity index (χ3v) is 6.48. The number of benzene rings is 2. The van der Waals surface area contributed by atoms with Crippen LogP contribution in [0.2, 0.25) is 0 Å². The summed E-state index contributed by atoms with van der Waals surface area (Å²) in [7, 11) is 0. The number of hydrogen-bond donors (Lipinski definition) is 2. The van der Waals surface area contributed by atoms with Crippen molar-refractivity contribution in [3.05, 3.63) is 101 Å². The molecular formula is C39H63N3. The van der Waals surface area contributed by atoms with Gasteiger partial charge < -0.3 is 10.7 Å². The van der Waals surface area contributed by atoms with Gasteiger partial charge in [0, 0.05) is 17.3 Å². The van der Waals surface area contributed by atoms with Gasteiger partial charge in [0.1, 0.15) is 0 Å². The van der Waals surface area contributed by atoms with Gasteiger partial charge in [-0.05, 0) is 86.3 Å². The van der Waals surface area contributed by atoms with E-state index >= 15 is 0 Å². The minimum atomic E-state index is -0.0150. The van der Waals surface area contributed by atoms with Gasteiger partial charge in [0.15, 0.2) is 0 Å². The molecule has 1 aliphatic carbocycles. The normalized spacial score (nSPS) is 13.1. The van der Waals surface area contributed by atoms with Gasteiger partial charge in [0.05, 0.1) is 11.4 Å². The number of aromatic nitrogens is 1. The third kappa shape index (κ3) is 14.7. The minimum absolute atomic E-state index is 0. The van der Waals surface area contributed by atoms with Gasteiger partial charge in [-0.1, -0.05) is 130 Å². The zero-order valence-electron chi connectivity index (χ0n) is 28.7. The number of aromatic amines is 1. The second-order valence-electron chi connectivity index (χ2n) is 15.1. The van der Waals surface area contributed by atoms with Crippen molar-refractivity contribution in [1.82, 2.24) is 4.98 Å². The SMILES string of the molecule is C.CC(C)(C)C1=CCc2ccccc21.CC(C)(C)c1ccc[nH]1.CC(N)=NC(C)(C)C.Cc1ccc(C(C)(C)C)cc1. The molecule has 234 valence electrons. The zero-order valence-corrected chi connectivity index (χ0v) is 28.7. The maximum atomic E-state index is 5.33. The van der Waals surface area contributed by atoms with Crippen LogP contribution in [0.15, 0.2) is 77.9 Å². The number of aryl methyl sites for hydroxylation is 1. The van der Waals surface area contributed by atoms with E-state index in [2.05, 4.69) is 140 Å². The number of amidine groups is 1. The van der Waals surface area contributed by atoms with Crippen LogP contribution in [0.4, 0.5) is 0 Å². The van der Waals surface area contributed by atoms with Gasteiger partial charge in [-0.3, -0.25) is 4.99 Å². The highest BCUT2D eigenvalue weighted by atomic mass is 14.9. The Kier molecular flexibility index (Phi) is 14.8. The number of allylic oxidation sites excluding steroid dienone is 2. The Hall–Kier alpha value is -3.07. The van der Waals surface area contributed by atoms with Crippen molar-refractivity contribution in [2.75, 3.05) is 0 Å². The molecule has 3 heteroatoms. The summed E-state index contributed by atoms with van der Waals surface area (Å²) in [5.41, 5.74) is 14.6. The number of nitrogens with two attached hydrogens (primary N) is 1. The molecule has 42 heavy (non-hydrogen) atoms. The highest BCUT2D eigenvalue weighted by molar-refractivity contribution is 5.77. The number of rotatable bonds is 0. The van der Waals surface area contributed by atoms with Crippen LogP contribution < -0.4 is 5.73 Å². The van der Waals surface area contributed by atoms with Crippen molar-refractivity contribution in [1.29, 1.82) is 0 Å². The molecule has 0 atom stereocenters. The number of aliphatic imine (C=N–C) groups is 1.